The molecule has 22 heavy (non-hydrogen) atoms. The second-order valence-corrected chi connectivity index (χ2v) is 9.69. The van der Waals surface area contributed by atoms with Gasteiger partial charge in [0.2, 0.25) is 0 Å². The lowest BCUT2D eigenvalue weighted by Crippen LogP contribution is -2.64. The Morgan fingerprint density at radius 3 is 1.95 bits per heavy atom. The van der Waals surface area contributed by atoms with Crippen molar-refractivity contribution in [1.82, 2.24) is 14.7 Å². The van der Waals surface area contributed by atoms with Gasteiger partial charge in [0.25, 0.3) is 0 Å². The van der Waals surface area contributed by atoms with Crippen LogP contribution >= 0.6 is 0 Å². The fourth-order valence-electron chi connectivity index (χ4n) is 3.79. The SMILES string of the molecule is CN(CCN1CCC(C(C)(C)C)CC1)C1CN(C(C)(C)C)C1. The summed E-state index contributed by atoms with van der Waals surface area (Å²) in [5.74, 6) is 0.911. The van der Waals surface area contributed by atoms with Crippen LogP contribution in [0.3, 0.4) is 0 Å². The molecule has 0 aromatic carbocycles. The van der Waals surface area contributed by atoms with Crippen molar-refractivity contribution in [3.63, 3.8) is 0 Å². The first kappa shape index (κ1) is 18.2. The summed E-state index contributed by atoms with van der Waals surface area (Å²) in [6.07, 6.45) is 2.77. The molecule has 3 heteroatoms. The molecular formula is C19H39N3. The fraction of sp³-hybridized carbons (Fsp3) is 1.00. The Morgan fingerprint density at radius 2 is 1.50 bits per heavy atom. The first-order chi connectivity index (χ1) is 10.1. The second kappa shape index (κ2) is 6.78. The molecule has 0 aromatic rings. The van der Waals surface area contributed by atoms with E-state index in [4.69, 9.17) is 0 Å². The van der Waals surface area contributed by atoms with Gasteiger partial charge in [-0.2, -0.15) is 0 Å². The Kier molecular flexibility index (Phi) is 5.62. The molecule has 3 nitrogen and oxygen atoms in total. The highest BCUT2D eigenvalue weighted by atomic mass is 15.3. The summed E-state index contributed by atoms with van der Waals surface area (Å²) in [5.41, 5.74) is 0.831. The number of hydrogen-bond acceptors (Lipinski definition) is 3. The lowest BCUT2D eigenvalue weighted by atomic mass is 9.75. The van der Waals surface area contributed by atoms with E-state index in [9.17, 15) is 0 Å². The minimum absolute atomic E-state index is 0.339. The molecule has 0 aliphatic carbocycles. The molecule has 0 aromatic heterocycles. The maximum Gasteiger partial charge on any atom is 0.0348 e. The Labute approximate surface area is 139 Å². The highest BCUT2D eigenvalue weighted by Gasteiger charge is 2.36. The molecule has 0 amide bonds. The minimum atomic E-state index is 0.339. The molecule has 0 radical (unpaired) electrons. The Hall–Kier alpha value is -0.120. The van der Waals surface area contributed by atoms with Gasteiger partial charge < -0.3 is 4.90 Å². The van der Waals surface area contributed by atoms with Gasteiger partial charge in [-0.05, 0) is 65.1 Å². The number of likely N-dealkylation sites (tertiary alicyclic amines) is 2. The molecule has 0 atom stereocenters. The van der Waals surface area contributed by atoms with Crippen LogP contribution in [0.5, 0.6) is 0 Å². The van der Waals surface area contributed by atoms with Gasteiger partial charge in [0.15, 0.2) is 0 Å². The summed E-state index contributed by atoms with van der Waals surface area (Å²) in [4.78, 5) is 7.85. The third-order valence-electron chi connectivity index (χ3n) is 6.02. The molecular weight excluding hydrogens is 270 g/mol. The molecule has 0 N–H and O–H groups in total. The molecule has 0 saturated carbocycles. The Balaban J connectivity index is 1.64. The van der Waals surface area contributed by atoms with Crippen LogP contribution in [0.1, 0.15) is 54.4 Å². The van der Waals surface area contributed by atoms with Crippen molar-refractivity contribution in [1.29, 1.82) is 0 Å². The third kappa shape index (κ3) is 4.69. The maximum atomic E-state index is 2.68. The predicted octanol–water partition coefficient (Wildman–Crippen LogP) is 3.16. The van der Waals surface area contributed by atoms with Crippen LogP contribution in [0.25, 0.3) is 0 Å². The normalized spacial score (nSPS) is 24.0. The van der Waals surface area contributed by atoms with Gasteiger partial charge in [0.1, 0.15) is 0 Å². The van der Waals surface area contributed by atoms with Gasteiger partial charge >= 0.3 is 0 Å². The van der Waals surface area contributed by atoms with Crippen LogP contribution in [0.15, 0.2) is 0 Å². The van der Waals surface area contributed by atoms with E-state index in [1.165, 1.54) is 52.1 Å². The minimum Gasteiger partial charge on any atom is -0.302 e. The van der Waals surface area contributed by atoms with E-state index in [0.29, 0.717) is 11.0 Å². The van der Waals surface area contributed by atoms with Gasteiger partial charge in [0, 0.05) is 37.8 Å². The van der Waals surface area contributed by atoms with E-state index in [0.717, 1.165) is 12.0 Å². The number of rotatable bonds is 4. The largest absolute Gasteiger partial charge is 0.302 e. The van der Waals surface area contributed by atoms with Crippen molar-refractivity contribution in [2.75, 3.05) is 46.3 Å². The summed E-state index contributed by atoms with van der Waals surface area (Å²) in [7, 11) is 2.31. The van der Waals surface area contributed by atoms with Gasteiger partial charge in [0.05, 0.1) is 0 Å². The highest BCUT2D eigenvalue weighted by molar-refractivity contribution is 4.93. The van der Waals surface area contributed by atoms with Crippen LogP contribution in [-0.4, -0.2) is 72.6 Å². The van der Waals surface area contributed by atoms with E-state index in [1.54, 1.807) is 0 Å². The van der Waals surface area contributed by atoms with Crippen LogP contribution in [-0.2, 0) is 0 Å². The molecule has 2 aliphatic heterocycles. The Morgan fingerprint density at radius 1 is 0.955 bits per heavy atom. The van der Waals surface area contributed by atoms with E-state index in [-0.39, 0.29) is 0 Å². The molecule has 2 saturated heterocycles. The first-order valence-electron chi connectivity index (χ1n) is 9.25. The number of nitrogens with zero attached hydrogens (tertiary/aromatic N) is 3. The monoisotopic (exact) mass is 309 g/mol. The zero-order valence-corrected chi connectivity index (χ0v) is 16.2. The standard InChI is InChI=1S/C19H39N3/c1-18(2,3)16-8-10-21(11-9-16)13-12-20(7)17-14-22(15-17)19(4,5)6/h16-17H,8-15H2,1-7H3. The van der Waals surface area contributed by atoms with Crippen molar-refractivity contribution in [2.24, 2.45) is 11.3 Å². The van der Waals surface area contributed by atoms with E-state index < -0.39 is 0 Å². The third-order valence-corrected chi connectivity index (χ3v) is 6.02. The molecule has 2 rings (SSSR count). The maximum absolute atomic E-state index is 2.68. The van der Waals surface area contributed by atoms with E-state index in [1.807, 2.05) is 0 Å². The summed E-state index contributed by atoms with van der Waals surface area (Å²) >= 11 is 0. The lowest BCUT2D eigenvalue weighted by Gasteiger charge is -2.51. The number of likely N-dealkylation sites (N-methyl/N-ethyl adjacent to an activating group) is 1. The quantitative estimate of drug-likeness (QED) is 0.790. The molecule has 0 spiro atoms. The van der Waals surface area contributed by atoms with Crippen LogP contribution in [0, 0.1) is 11.3 Å². The van der Waals surface area contributed by atoms with Crippen molar-refractivity contribution in [3.05, 3.63) is 0 Å². The van der Waals surface area contributed by atoms with Crippen molar-refractivity contribution < 1.29 is 0 Å². The predicted molar refractivity (Wildman–Crippen MR) is 96.4 cm³/mol. The number of hydrogen-bond donors (Lipinski definition) is 0. The molecule has 2 heterocycles. The topological polar surface area (TPSA) is 9.72 Å². The molecule has 2 aliphatic rings. The smallest absolute Gasteiger partial charge is 0.0348 e. The lowest BCUT2D eigenvalue weighted by molar-refractivity contribution is -0.0163. The second-order valence-electron chi connectivity index (χ2n) is 9.69. The Bertz CT molecular complexity index is 337. The highest BCUT2D eigenvalue weighted by Crippen LogP contribution is 2.34. The van der Waals surface area contributed by atoms with Crippen molar-refractivity contribution in [3.8, 4) is 0 Å². The number of piperidine rings is 1. The van der Waals surface area contributed by atoms with Gasteiger partial charge in [-0.3, -0.25) is 9.80 Å². The van der Waals surface area contributed by atoms with Crippen LogP contribution in [0.2, 0.25) is 0 Å². The molecule has 0 unspecified atom stereocenters. The summed E-state index contributed by atoms with van der Waals surface area (Å²) in [6.45, 7) is 21.7. The fourth-order valence-corrected chi connectivity index (χ4v) is 3.79. The summed E-state index contributed by atoms with van der Waals surface area (Å²) < 4.78 is 0. The average Bonchev–Trinajstić information content (AvgIpc) is 2.32. The first-order valence-corrected chi connectivity index (χ1v) is 9.25. The van der Waals surface area contributed by atoms with Crippen LogP contribution < -0.4 is 0 Å². The molecule has 2 fully saturated rings. The average molecular weight is 310 g/mol. The van der Waals surface area contributed by atoms with E-state index in [2.05, 4.69) is 63.3 Å². The van der Waals surface area contributed by atoms with Gasteiger partial charge in [-0.1, -0.05) is 20.8 Å². The van der Waals surface area contributed by atoms with Crippen molar-refractivity contribution >= 4 is 0 Å². The zero-order valence-electron chi connectivity index (χ0n) is 16.2. The van der Waals surface area contributed by atoms with Gasteiger partial charge in [-0.25, -0.2) is 0 Å². The zero-order chi connectivity index (χ0) is 16.5. The summed E-state index contributed by atoms with van der Waals surface area (Å²) in [6, 6.07) is 0.770. The van der Waals surface area contributed by atoms with Crippen LogP contribution in [0.4, 0.5) is 0 Å². The van der Waals surface area contributed by atoms with Gasteiger partial charge in [-0.15, -0.1) is 0 Å². The molecule has 130 valence electrons. The van der Waals surface area contributed by atoms with E-state index >= 15 is 0 Å². The summed E-state index contributed by atoms with van der Waals surface area (Å²) in [5, 5.41) is 0. The molecule has 0 bridgehead atoms. The van der Waals surface area contributed by atoms with Crippen molar-refractivity contribution in [2.45, 2.75) is 66.0 Å².